The van der Waals surface area contributed by atoms with Crippen molar-refractivity contribution >= 4 is 52.0 Å². The molecule has 3 aromatic rings. The number of anilines is 2. The predicted molar refractivity (Wildman–Crippen MR) is 120 cm³/mol. The van der Waals surface area contributed by atoms with Crippen molar-refractivity contribution in [3.8, 4) is 11.3 Å². The fraction of sp³-hybridized carbons (Fsp3) is 0.0455. The average Bonchev–Trinajstić information content (AvgIpc) is 3.33. The maximum Gasteiger partial charge on any atom is 0.298 e. The quantitative estimate of drug-likeness (QED) is 0.328. The number of amides is 3. The first-order valence-electron chi connectivity index (χ1n) is 9.32. The molecule has 0 bridgehead atoms. The summed E-state index contributed by atoms with van der Waals surface area (Å²) in [5.41, 5.74) is 1.38. The highest BCUT2D eigenvalue weighted by Gasteiger charge is 2.36. The minimum atomic E-state index is -0.499. The zero-order valence-electron chi connectivity index (χ0n) is 16.6. The molecule has 3 amide bonds. The summed E-state index contributed by atoms with van der Waals surface area (Å²) in [5, 5.41) is 13.1. The zero-order chi connectivity index (χ0) is 22.8. The van der Waals surface area contributed by atoms with E-state index in [-0.39, 0.29) is 16.5 Å². The molecule has 0 radical (unpaired) electrons. The largest absolute Gasteiger partial charge is 0.457 e. The van der Waals surface area contributed by atoms with Gasteiger partial charge in [-0.2, -0.15) is 0 Å². The summed E-state index contributed by atoms with van der Waals surface area (Å²) < 4.78 is 5.71. The Balaban J connectivity index is 1.55. The number of nitro groups is 1. The second kappa shape index (κ2) is 8.52. The van der Waals surface area contributed by atoms with Gasteiger partial charge in [0, 0.05) is 36.4 Å². The van der Waals surface area contributed by atoms with Crippen molar-refractivity contribution in [1.82, 2.24) is 0 Å². The molecule has 1 saturated heterocycles. The Labute approximate surface area is 185 Å². The number of imide groups is 1. The van der Waals surface area contributed by atoms with Gasteiger partial charge in [0.2, 0.25) is 5.91 Å². The van der Waals surface area contributed by atoms with Gasteiger partial charge in [0.15, 0.2) is 0 Å². The summed E-state index contributed by atoms with van der Waals surface area (Å²) in [4.78, 5) is 48.1. The van der Waals surface area contributed by atoms with E-state index < -0.39 is 16.1 Å². The number of furan rings is 1. The topological polar surface area (TPSA) is 123 Å². The monoisotopic (exact) mass is 449 g/mol. The van der Waals surface area contributed by atoms with Crippen LogP contribution < -0.4 is 10.2 Å². The summed E-state index contributed by atoms with van der Waals surface area (Å²) in [6.45, 7) is 1.38. The maximum absolute atomic E-state index is 12.8. The van der Waals surface area contributed by atoms with Crippen LogP contribution in [0.15, 0.2) is 70.0 Å². The Hall–Kier alpha value is -4.18. The molecular formula is C22H15N3O6S. The summed E-state index contributed by atoms with van der Waals surface area (Å²) in [6.07, 6.45) is 1.46. The third-order valence-corrected chi connectivity index (χ3v) is 5.35. The first kappa shape index (κ1) is 21.1. The van der Waals surface area contributed by atoms with Gasteiger partial charge >= 0.3 is 0 Å². The number of non-ortho nitro benzene ring substituents is 1. The van der Waals surface area contributed by atoms with Crippen LogP contribution in [0.2, 0.25) is 0 Å². The minimum Gasteiger partial charge on any atom is -0.457 e. The molecule has 0 unspecified atom stereocenters. The van der Waals surface area contributed by atoms with Gasteiger partial charge in [-0.3, -0.25) is 24.5 Å². The average molecular weight is 449 g/mol. The van der Waals surface area contributed by atoms with Crippen LogP contribution in [0.5, 0.6) is 0 Å². The number of nitro benzene ring substituents is 1. The van der Waals surface area contributed by atoms with Crippen LogP contribution in [0.4, 0.5) is 21.9 Å². The van der Waals surface area contributed by atoms with Crippen LogP contribution in [-0.4, -0.2) is 22.0 Å². The number of hydrogen-bond donors (Lipinski definition) is 1. The number of thioether (sulfide) groups is 1. The second-order valence-electron chi connectivity index (χ2n) is 6.75. The highest BCUT2D eigenvalue weighted by atomic mass is 32.2. The number of carbonyl (C=O) groups is 3. The third kappa shape index (κ3) is 4.30. The summed E-state index contributed by atoms with van der Waals surface area (Å²) in [7, 11) is 0. The molecule has 1 aliphatic rings. The normalized spacial score (nSPS) is 14.8. The van der Waals surface area contributed by atoms with Crippen molar-refractivity contribution in [1.29, 1.82) is 0 Å². The van der Waals surface area contributed by atoms with Crippen molar-refractivity contribution in [3.05, 3.63) is 81.4 Å². The lowest BCUT2D eigenvalue weighted by molar-refractivity contribution is -0.384. The van der Waals surface area contributed by atoms with Gasteiger partial charge in [-0.15, -0.1) is 0 Å². The zero-order valence-corrected chi connectivity index (χ0v) is 17.4. The highest BCUT2D eigenvalue weighted by molar-refractivity contribution is 8.19. The first-order valence-corrected chi connectivity index (χ1v) is 10.1. The molecule has 0 aliphatic carbocycles. The number of nitrogens with one attached hydrogen (secondary N) is 1. The van der Waals surface area contributed by atoms with Crippen LogP contribution in [0, 0.1) is 10.1 Å². The van der Waals surface area contributed by atoms with Crippen LogP contribution >= 0.6 is 11.8 Å². The minimum absolute atomic E-state index is 0.0638. The van der Waals surface area contributed by atoms with Gasteiger partial charge in [0.05, 0.1) is 15.5 Å². The standard InChI is InChI=1S/C22H15N3O6S/c1-13(26)23-15-5-7-16(8-6-15)24-21(27)20(32-22(24)28)12-18-9-10-19(31-18)14-3-2-4-17(11-14)25(29)30/h2-12H,1H3,(H,23,26)/b20-12+. The van der Waals surface area contributed by atoms with Gasteiger partial charge in [-0.25, -0.2) is 4.90 Å². The SMILES string of the molecule is CC(=O)Nc1ccc(N2C(=O)S/C(=C/c3ccc(-c4cccc([N+](=O)[O-])c4)o3)C2=O)cc1. The molecule has 1 fully saturated rings. The fourth-order valence-electron chi connectivity index (χ4n) is 3.07. The summed E-state index contributed by atoms with van der Waals surface area (Å²) in [6, 6.07) is 15.6. The van der Waals surface area contributed by atoms with Crippen LogP contribution in [-0.2, 0) is 9.59 Å². The molecule has 2 aromatic carbocycles. The highest BCUT2D eigenvalue weighted by Crippen LogP contribution is 2.37. The van der Waals surface area contributed by atoms with Crippen LogP contribution in [0.3, 0.4) is 0 Å². The lowest BCUT2D eigenvalue weighted by Crippen LogP contribution is -2.27. The lowest BCUT2D eigenvalue weighted by atomic mass is 10.1. The molecule has 1 aliphatic heterocycles. The van der Waals surface area contributed by atoms with E-state index in [1.54, 1.807) is 48.5 Å². The molecule has 1 aromatic heterocycles. The Morgan fingerprint density at radius 2 is 1.88 bits per heavy atom. The molecule has 32 heavy (non-hydrogen) atoms. The van der Waals surface area contributed by atoms with Crippen molar-refractivity contribution in [2.45, 2.75) is 6.92 Å². The van der Waals surface area contributed by atoms with E-state index >= 15 is 0 Å². The van der Waals surface area contributed by atoms with E-state index in [0.29, 0.717) is 28.5 Å². The van der Waals surface area contributed by atoms with Crippen molar-refractivity contribution < 1.29 is 23.7 Å². The Morgan fingerprint density at radius 3 is 2.56 bits per heavy atom. The van der Waals surface area contributed by atoms with E-state index in [1.807, 2.05) is 0 Å². The van der Waals surface area contributed by atoms with Crippen LogP contribution in [0.1, 0.15) is 12.7 Å². The summed E-state index contributed by atoms with van der Waals surface area (Å²) in [5.74, 6) is 0.00102. The van der Waals surface area contributed by atoms with Crippen molar-refractivity contribution in [2.75, 3.05) is 10.2 Å². The van der Waals surface area contributed by atoms with E-state index in [9.17, 15) is 24.5 Å². The van der Waals surface area contributed by atoms with E-state index in [0.717, 1.165) is 16.7 Å². The molecule has 4 rings (SSSR count). The number of carbonyl (C=O) groups excluding carboxylic acids is 3. The predicted octanol–water partition coefficient (Wildman–Crippen LogP) is 5.05. The molecule has 2 heterocycles. The third-order valence-electron chi connectivity index (χ3n) is 4.48. The Kier molecular flexibility index (Phi) is 5.61. The van der Waals surface area contributed by atoms with Gasteiger partial charge < -0.3 is 9.73 Å². The van der Waals surface area contributed by atoms with Crippen molar-refractivity contribution in [3.63, 3.8) is 0 Å². The van der Waals surface area contributed by atoms with Gasteiger partial charge in [-0.05, 0) is 48.2 Å². The molecule has 160 valence electrons. The first-order chi connectivity index (χ1) is 15.3. The molecule has 10 heteroatoms. The number of benzene rings is 2. The molecular weight excluding hydrogens is 434 g/mol. The van der Waals surface area contributed by atoms with E-state index in [4.69, 9.17) is 4.42 Å². The van der Waals surface area contributed by atoms with E-state index in [1.165, 1.54) is 25.1 Å². The number of rotatable bonds is 5. The Bertz CT molecular complexity index is 1280. The smallest absolute Gasteiger partial charge is 0.298 e. The molecule has 0 saturated carbocycles. The number of nitrogens with zero attached hydrogens (tertiary/aromatic N) is 2. The Morgan fingerprint density at radius 1 is 1.12 bits per heavy atom. The molecule has 9 nitrogen and oxygen atoms in total. The fourth-order valence-corrected chi connectivity index (χ4v) is 3.90. The number of hydrogen-bond acceptors (Lipinski definition) is 7. The van der Waals surface area contributed by atoms with Gasteiger partial charge in [0.1, 0.15) is 11.5 Å². The van der Waals surface area contributed by atoms with Crippen LogP contribution in [0.25, 0.3) is 17.4 Å². The molecule has 0 spiro atoms. The molecule has 0 atom stereocenters. The maximum atomic E-state index is 12.8. The van der Waals surface area contributed by atoms with Gasteiger partial charge in [-0.1, -0.05) is 12.1 Å². The van der Waals surface area contributed by atoms with Crippen molar-refractivity contribution in [2.24, 2.45) is 0 Å². The van der Waals surface area contributed by atoms with E-state index in [2.05, 4.69) is 5.32 Å². The van der Waals surface area contributed by atoms with Gasteiger partial charge in [0.25, 0.3) is 16.8 Å². The molecule has 1 N–H and O–H groups in total. The second-order valence-corrected chi connectivity index (χ2v) is 7.75. The lowest BCUT2D eigenvalue weighted by Gasteiger charge is -2.13. The summed E-state index contributed by atoms with van der Waals surface area (Å²) >= 11 is 0.777.